The van der Waals surface area contributed by atoms with Crippen LogP contribution >= 0.6 is 0 Å². The van der Waals surface area contributed by atoms with Gasteiger partial charge in [0.05, 0.1) is 12.2 Å². The highest BCUT2D eigenvalue weighted by Gasteiger charge is 2.25. The molecule has 0 unspecified atom stereocenters. The van der Waals surface area contributed by atoms with Gasteiger partial charge in [-0.3, -0.25) is 4.79 Å². The first kappa shape index (κ1) is 18.0. The molecule has 1 aliphatic heterocycles. The molecule has 0 N–H and O–H groups in total. The Morgan fingerprint density at radius 2 is 1.89 bits per heavy atom. The maximum Gasteiger partial charge on any atom is 0.337 e. The molecular formula is C20H20N4O4. The summed E-state index contributed by atoms with van der Waals surface area (Å²) < 4.78 is 10.7. The summed E-state index contributed by atoms with van der Waals surface area (Å²) >= 11 is 0. The summed E-state index contributed by atoms with van der Waals surface area (Å²) in [5.74, 6) is 1.07. The Labute approximate surface area is 161 Å². The Kier molecular flexibility index (Phi) is 4.92. The zero-order valence-electron chi connectivity index (χ0n) is 15.5. The smallest absolute Gasteiger partial charge is 0.337 e. The Morgan fingerprint density at radius 3 is 2.61 bits per heavy atom. The number of benzene rings is 1. The minimum Gasteiger partial charge on any atom is -0.494 e. The summed E-state index contributed by atoms with van der Waals surface area (Å²) in [4.78, 5) is 37.4. The number of anilines is 1. The molecule has 8 nitrogen and oxygen atoms in total. The lowest BCUT2D eigenvalue weighted by atomic mass is 10.1. The molecule has 0 saturated carbocycles. The van der Waals surface area contributed by atoms with Crippen molar-refractivity contribution in [2.75, 3.05) is 37.7 Å². The fourth-order valence-electron chi connectivity index (χ4n) is 3.31. The van der Waals surface area contributed by atoms with Gasteiger partial charge in [-0.25, -0.2) is 14.8 Å². The lowest BCUT2D eigenvalue weighted by Gasteiger charge is -2.34. The highest BCUT2D eigenvalue weighted by Crippen LogP contribution is 2.24. The van der Waals surface area contributed by atoms with Gasteiger partial charge in [0, 0.05) is 56.1 Å². The largest absolute Gasteiger partial charge is 0.494 e. The van der Waals surface area contributed by atoms with Crippen LogP contribution < -0.4 is 15.3 Å². The average molecular weight is 380 g/mol. The van der Waals surface area contributed by atoms with Crippen molar-refractivity contribution < 1.29 is 13.9 Å². The first-order chi connectivity index (χ1) is 13.7. The van der Waals surface area contributed by atoms with E-state index in [0.29, 0.717) is 61.0 Å². The van der Waals surface area contributed by atoms with Gasteiger partial charge in [-0.05, 0) is 25.1 Å². The number of piperazine rings is 1. The van der Waals surface area contributed by atoms with Gasteiger partial charge in [-0.2, -0.15) is 0 Å². The zero-order valence-corrected chi connectivity index (χ0v) is 15.5. The van der Waals surface area contributed by atoms with Gasteiger partial charge in [-0.1, -0.05) is 0 Å². The predicted octanol–water partition coefficient (Wildman–Crippen LogP) is 1.94. The Morgan fingerprint density at radius 1 is 1.14 bits per heavy atom. The van der Waals surface area contributed by atoms with Crippen LogP contribution in [0.4, 0.5) is 5.95 Å². The number of ether oxygens (including phenoxy) is 1. The molecule has 0 atom stereocenters. The van der Waals surface area contributed by atoms with Gasteiger partial charge in [0.25, 0.3) is 5.91 Å². The van der Waals surface area contributed by atoms with Gasteiger partial charge in [-0.15, -0.1) is 0 Å². The highest BCUT2D eigenvalue weighted by atomic mass is 16.5. The number of hydrogen-bond donors (Lipinski definition) is 0. The summed E-state index contributed by atoms with van der Waals surface area (Å²) in [5, 5.41) is 0.599. The van der Waals surface area contributed by atoms with Gasteiger partial charge < -0.3 is 19.0 Å². The molecule has 4 rings (SSSR count). The van der Waals surface area contributed by atoms with Gasteiger partial charge in [0.15, 0.2) is 0 Å². The molecule has 144 valence electrons. The van der Waals surface area contributed by atoms with Crippen LogP contribution in [0.1, 0.15) is 17.3 Å². The third-order valence-corrected chi connectivity index (χ3v) is 4.66. The van der Waals surface area contributed by atoms with Crippen molar-refractivity contribution in [3.8, 4) is 5.75 Å². The van der Waals surface area contributed by atoms with E-state index in [9.17, 15) is 9.59 Å². The summed E-state index contributed by atoms with van der Waals surface area (Å²) in [7, 11) is 0. The summed E-state index contributed by atoms with van der Waals surface area (Å²) in [5.41, 5.74) is 0.137. The molecule has 1 aromatic carbocycles. The van der Waals surface area contributed by atoms with Crippen LogP contribution in [0.25, 0.3) is 11.0 Å². The van der Waals surface area contributed by atoms with Gasteiger partial charge in [0.2, 0.25) is 5.95 Å². The van der Waals surface area contributed by atoms with Gasteiger partial charge in [0.1, 0.15) is 11.3 Å². The highest BCUT2D eigenvalue weighted by molar-refractivity contribution is 6.05. The van der Waals surface area contributed by atoms with Crippen LogP contribution in [0.5, 0.6) is 5.75 Å². The van der Waals surface area contributed by atoms with Crippen molar-refractivity contribution in [3.05, 3.63) is 58.7 Å². The molecule has 2 aromatic heterocycles. The zero-order chi connectivity index (χ0) is 19.5. The number of carbonyl (C=O) groups is 1. The molecular weight excluding hydrogens is 360 g/mol. The quantitative estimate of drug-likeness (QED) is 0.639. The Hall–Kier alpha value is -3.42. The lowest BCUT2D eigenvalue weighted by molar-refractivity contribution is 0.0747. The summed E-state index contributed by atoms with van der Waals surface area (Å²) in [6.07, 6.45) is 3.40. The maximum absolute atomic E-state index is 13.1. The van der Waals surface area contributed by atoms with E-state index in [1.807, 2.05) is 11.8 Å². The SMILES string of the molecule is CCOc1ccc2c(C(=O)N3CCN(c4ncccn4)CC3)cc(=O)oc2c1. The molecule has 8 heteroatoms. The minimum atomic E-state index is -0.555. The van der Waals surface area contributed by atoms with Crippen LogP contribution in [-0.4, -0.2) is 53.6 Å². The molecule has 3 aromatic rings. The van der Waals surface area contributed by atoms with E-state index in [2.05, 4.69) is 9.97 Å². The van der Waals surface area contributed by atoms with E-state index in [1.54, 1.807) is 41.6 Å². The van der Waals surface area contributed by atoms with Crippen LogP contribution in [0.2, 0.25) is 0 Å². The summed E-state index contributed by atoms with van der Waals surface area (Å²) in [6, 6.07) is 8.20. The van der Waals surface area contributed by atoms with Crippen LogP contribution in [0.3, 0.4) is 0 Å². The van der Waals surface area contributed by atoms with Crippen LogP contribution in [0.15, 0.2) is 51.9 Å². The van der Waals surface area contributed by atoms with E-state index in [-0.39, 0.29) is 5.91 Å². The van der Waals surface area contributed by atoms with E-state index in [4.69, 9.17) is 9.15 Å². The molecule has 0 spiro atoms. The van der Waals surface area contributed by atoms with Crippen molar-refractivity contribution in [2.24, 2.45) is 0 Å². The molecule has 28 heavy (non-hydrogen) atoms. The van der Waals surface area contributed by atoms with Crippen LogP contribution in [-0.2, 0) is 0 Å². The molecule has 0 bridgehead atoms. The second-order valence-corrected chi connectivity index (χ2v) is 6.40. The normalized spacial score (nSPS) is 14.3. The number of rotatable bonds is 4. The number of carbonyl (C=O) groups excluding carboxylic acids is 1. The fraction of sp³-hybridized carbons (Fsp3) is 0.300. The van der Waals surface area contributed by atoms with Gasteiger partial charge >= 0.3 is 5.63 Å². The number of fused-ring (bicyclic) bond motifs is 1. The average Bonchev–Trinajstić information content (AvgIpc) is 2.73. The molecule has 1 amide bonds. The lowest BCUT2D eigenvalue weighted by Crippen LogP contribution is -2.49. The first-order valence-corrected chi connectivity index (χ1v) is 9.17. The maximum atomic E-state index is 13.1. The number of aromatic nitrogens is 2. The third-order valence-electron chi connectivity index (χ3n) is 4.66. The first-order valence-electron chi connectivity index (χ1n) is 9.17. The fourth-order valence-corrected chi connectivity index (χ4v) is 3.31. The van der Waals surface area contributed by atoms with E-state index in [1.165, 1.54) is 6.07 Å². The van der Waals surface area contributed by atoms with E-state index >= 15 is 0 Å². The third kappa shape index (κ3) is 3.53. The second kappa shape index (κ2) is 7.67. The van der Waals surface area contributed by atoms with Crippen LogP contribution in [0, 0.1) is 0 Å². The van der Waals surface area contributed by atoms with Crippen molar-refractivity contribution in [1.82, 2.24) is 14.9 Å². The number of amides is 1. The molecule has 0 radical (unpaired) electrons. The molecule has 1 fully saturated rings. The van der Waals surface area contributed by atoms with Crippen molar-refractivity contribution >= 4 is 22.8 Å². The Balaban J connectivity index is 1.57. The predicted molar refractivity (Wildman–Crippen MR) is 104 cm³/mol. The van der Waals surface area contributed by atoms with E-state index < -0.39 is 5.63 Å². The van der Waals surface area contributed by atoms with Crippen molar-refractivity contribution in [1.29, 1.82) is 0 Å². The molecule has 0 aliphatic carbocycles. The second-order valence-electron chi connectivity index (χ2n) is 6.40. The van der Waals surface area contributed by atoms with E-state index in [0.717, 1.165) is 0 Å². The Bertz CT molecular complexity index is 1040. The number of hydrogen-bond acceptors (Lipinski definition) is 7. The molecule has 3 heterocycles. The molecule has 1 aliphatic rings. The standard InChI is InChI=1S/C20H20N4O4/c1-2-27-14-4-5-15-16(13-18(25)28-17(15)12-14)19(26)23-8-10-24(11-9-23)20-21-6-3-7-22-20/h3-7,12-13H,2,8-11H2,1H3. The van der Waals surface area contributed by atoms with Crippen molar-refractivity contribution in [2.45, 2.75) is 6.92 Å². The van der Waals surface area contributed by atoms with Crippen molar-refractivity contribution in [3.63, 3.8) is 0 Å². The topological polar surface area (TPSA) is 88.8 Å². The minimum absolute atomic E-state index is 0.185. The molecule has 1 saturated heterocycles. The number of nitrogens with zero attached hydrogens (tertiary/aromatic N) is 4. The monoisotopic (exact) mass is 380 g/mol. The summed E-state index contributed by atoms with van der Waals surface area (Å²) in [6.45, 7) is 4.68.